The second kappa shape index (κ2) is 6.84. The fourth-order valence-electron chi connectivity index (χ4n) is 2.51. The van der Waals surface area contributed by atoms with Gasteiger partial charge in [0.15, 0.2) is 0 Å². The lowest BCUT2D eigenvalue weighted by atomic mass is 10.2. The van der Waals surface area contributed by atoms with Crippen LogP contribution in [-0.4, -0.2) is 18.4 Å². The molecule has 1 heterocycles. The van der Waals surface area contributed by atoms with Crippen molar-refractivity contribution in [2.24, 2.45) is 4.99 Å². The second-order valence-corrected chi connectivity index (χ2v) is 5.87. The van der Waals surface area contributed by atoms with E-state index in [0.717, 1.165) is 42.2 Å². The van der Waals surface area contributed by atoms with Gasteiger partial charge in [-0.25, -0.2) is 4.79 Å². The first kappa shape index (κ1) is 15.6. The lowest BCUT2D eigenvalue weighted by molar-refractivity contribution is 0.259. The van der Waals surface area contributed by atoms with Crippen LogP contribution in [-0.2, 0) is 0 Å². The minimum atomic E-state index is -0.225. The average Bonchev–Trinajstić information content (AvgIpc) is 3.06. The number of nitrogens with zero attached hydrogens (tertiary/aromatic N) is 2. The first-order chi connectivity index (χ1) is 11.1. The van der Waals surface area contributed by atoms with E-state index in [-0.39, 0.29) is 6.03 Å². The van der Waals surface area contributed by atoms with Gasteiger partial charge in [0.1, 0.15) is 5.84 Å². The third-order valence-electron chi connectivity index (χ3n) is 3.75. The molecule has 1 aliphatic rings. The molecule has 0 radical (unpaired) electrons. The van der Waals surface area contributed by atoms with E-state index in [1.165, 1.54) is 0 Å². The van der Waals surface area contributed by atoms with Crippen LogP contribution < -0.4 is 10.2 Å². The molecule has 1 aliphatic heterocycles. The van der Waals surface area contributed by atoms with Crippen molar-refractivity contribution >= 4 is 34.8 Å². The summed E-state index contributed by atoms with van der Waals surface area (Å²) in [6.45, 7) is 2.69. The number of aryl methyl sites for hydroxylation is 1. The Hall–Kier alpha value is -2.33. The maximum atomic E-state index is 12.8. The zero-order valence-corrected chi connectivity index (χ0v) is 13.7. The number of anilines is 2. The summed E-state index contributed by atoms with van der Waals surface area (Å²) >= 11 is 6.23. The van der Waals surface area contributed by atoms with E-state index >= 15 is 0 Å². The first-order valence-corrected chi connectivity index (χ1v) is 7.98. The van der Waals surface area contributed by atoms with Gasteiger partial charge in [0, 0.05) is 23.7 Å². The van der Waals surface area contributed by atoms with Crippen molar-refractivity contribution < 1.29 is 4.79 Å². The number of nitrogens with one attached hydrogen (secondary N) is 1. The quantitative estimate of drug-likeness (QED) is 0.839. The number of amidine groups is 1. The third kappa shape index (κ3) is 3.54. The molecule has 0 atom stereocenters. The largest absolute Gasteiger partial charge is 0.331 e. The normalized spacial score (nSPS) is 13.6. The van der Waals surface area contributed by atoms with Crippen LogP contribution in [0.4, 0.5) is 16.2 Å². The van der Waals surface area contributed by atoms with Crippen LogP contribution in [0.15, 0.2) is 53.5 Å². The Kier molecular flexibility index (Phi) is 4.63. The molecule has 0 unspecified atom stereocenters. The maximum absolute atomic E-state index is 12.8. The molecule has 0 saturated heterocycles. The summed E-state index contributed by atoms with van der Waals surface area (Å²) in [5.41, 5.74) is 2.46. The number of aliphatic imine (C=N–C) groups is 1. The molecule has 0 aromatic heterocycles. The number of hydrogen-bond acceptors (Lipinski definition) is 2. The van der Waals surface area contributed by atoms with Crippen LogP contribution in [0.25, 0.3) is 0 Å². The lowest BCUT2D eigenvalue weighted by Gasteiger charge is -2.23. The highest BCUT2D eigenvalue weighted by atomic mass is 35.5. The predicted molar refractivity (Wildman–Crippen MR) is 95.7 cm³/mol. The summed E-state index contributed by atoms with van der Waals surface area (Å²) < 4.78 is 0. The number of carbonyl (C=O) groups is 1. The number of amides is 2. The SMILES string of the molecule is Cc1ccc(N(C(=O)Nc2ccccc2)C2=NCCC2)cc1Cl. The molecular weight excluding hydrogens is 310 g/mol. The van der Waals surface area contributed by atoms with Gasteiger partial charge in [0.05, 0.1) is 5.69 Å². The summed E-state index contributed by atoms with van der Waals surface area (Å²) in [4.78, 5) is 18.9. The van der Waals surface area contributed by atoms with Crippen LogP contribution in [0.3, 0.4) is 0 Å². The predicted octanol–water partition coefficient (Wildman–Crippen LogP) is 4.88. The smallest absolute Gasteiger partial charge is 0.307 e. The molecule has 0 fully saturated rings. The van der Waals surface area contributed by atoms with Gasteiger partial charge in [-0.05, 0) is 43.2 Å². The molecule has 0 saturated carbocycles. The van der Waals surface area contributed by atoms with Gasteiger partial charge in [-0.1, -0.05) is 35.9 Å². The number of carbonyl (C=O) groups excluding carboxylic acids is 1. The van der Waals surface area contributed by atoms with Crippen LogP contribution in [0.1, 0.15) is 18.4 Å². The van der Waals surface area contributed by atoms with E-state index in [2.05, 4.69) is 10.3 Å². The van der Waals surface area contributed by atoms with Crippen molar-refractivity contribution in [2.75, 3.05) is 16.8 Å². The van der Waals surface area contributed by atoms with Crippen LogP contribution >= 0.6 is 11.6 Å². The highest BCUT2D eigenvalue weighted by Gasteiger charge is 2.24. The number of benzene rings is 2. The van der Waals surface area contributed by atoms with Gasteiger partial charge in [-0.2, -0.15) is 0 Å². The minimum absolute atomic E-state index is 0.225. The summed E-state index contributed by atoms with van der Waals surface area (Å²) in [6, 6.07) is 14.8. The van der Waals surface area contributed by atoms with Crippen LogP contribution in [0.2, 0.25) is 5.02 Å². The second-order valence-electron chi connectivity index (χ2n) is 5.47. The van der Waals surface area contributed by atoms with Crippen molar-refractivity contribution in [1.29, 1.82) is 0 Å². The number of urea groups is 1. The molecule has 4 nitrogen and oxygen atoms in total. The van der Waals surface area contributed by atoms with E-state index in [1.807, 2.05) is 55.5 Å². The zero-order valence-electron chi connectivity index (χ0n) is 12.9. The summed E-state index contributed by atoms with van der Waals surface area (Å²) in [6.07, 6.45) is 1.75. The topological polar surface area (TPSA) is 44.7 Å². The standard InChI is InChI=1S/C18H18ClN3O/c1-13-9-10-15(12-16(13)19)22(17-8-5-11-20-17)18(23)21-14-6-3-2-4-7-14/h2-4,6-7,9-10,12H,5,8,11H2,1H3,(H,21,23). The van der Waals surface area contributed by atoms with Crippen molar-refractivity contribution in [3.05, 3.63) is 59.1 Å². The Morgan fingerprint density at radius 3 is 2.65 bits per heavy atom. The Morgan fingerprint density at radius 2 is 2.00 bits per heavy atom. The minimum Gasteiger partial charge on any atom is -0.307 e. The molecule has 118 valence electrons. The van der Waals surface area contributed by atoms with E-state index in [9.17, 15) is 4.79 Å². The fourth-order valence-corrected chi connectivity index (χ4v) is 2.69. The Bertz CT molecular complexity index is 743. The summed E-state index contributed by atoms with van der Waals surface area (Å²) in [7, 11) is 0. The van der Waals surface area contributed by atoms with Crippen molar-refractivity contribution in [3.63, 3.8) is 0 Å². The number of hydrogen-bond donors (Lipinski definition) is 1. The summed E-state index contributed by atoms with van der Waals surface area (Å²) in [5, 5.41) is 3.55. The molecule has 2 aromatic carbocycles. The third-order valence-corrected chi connectivity index (χ3v) is 4.16. The van der Waals surface area contributed by atoms with Gasteiger partial charge in [-0.3, -0.25) is 9.89 Å². The highest BCUT2D eigenvalue weighted by Crippen LogP contribution is 2.26. The van der Waals surface area contributed by atoms with Gasteiger partial charge < -0.3 is 5.32 Å². The Labute approximate surface area is 140 Å². The average molecular weight is 328 g/mol. The van der Waals surface area contributed by atoms with Crippen molar-refractivity contribution in [3.8, 4) is 0 Å². The first-order valence-electron chi connectivity index (χ1n) is 7.61. The lowest BCUT2D eigenvalue weighted by Crippen LogP contribution is -2.39. The van der Waals surface area contributed by atoms with Crippen LogP contribution in [0.5, 0.6) is 0 Å². The molecular formula is C18H18ClN3O. The van der Waals surface area contributed by atoms with Gasteiger partial charge in [-0.15, -0.1) is 0 Å². The van der Waals surface area contributed by atoms with E-state index < -0.39 is 0 Å². The fraction of sp³-hybridized carbons (Fsp3) is 0.222. The molecule has 5 heteroatoms. The molecule has 23 heavy (non-hydrogen) atoms. The van der Waals surface area contributed by atoms with Gasteiger partial charge in [0.2, 0.25) is 0 Å². The molecule has 0 spiro atoms. The maximum Gasteiger partial charge on any atom is 0.331 e. The number of halogens is 1. The highest BCUT2D eigenvalue weighted by molar-refractivity contribution is 6.32. The van der Waals surface area contributed by atoms with Crippen molar-refractivity contribution in [1.82, 2.24) is 0 Å². The van der Waals surface area contributed by atoms with Crippen molar-refractivity contribution in [2.45, 2.75) is 19.8 Å². The number of para-hydroxylation sites is 1. The molecule has 2 aromatic rings. The van der Waals surface area contributed by atoms with Crippen LogP contribution in [0, 0.1) is 6.92 Å². The van der Waals surface area contributed by atoms with Gasteiger partial charge in [0.25, 0.3) is 0 Å². The Balaban J connectivity index is 1.92. The van der Waals surface area contributed by atoms with E-state index in [1.54, 1.807) is 4.90 Å². The van der Waals surface area contributed by atoms with E-state index in [0.29, 0.717) is 5.02 Å². The molecule has 0 aliphatic carbocycles. The molecule has 1 N–H and O–H groups in total. The molecule has 2 amide bonds. The molecule has 0 bridgehead atoms. The van der Waals surface area contributed by atoms with Gasteiger partial charge >= 0.3 is 6.03 Å². The van der Waals surface area contributed by atoms with E-state index in [4.69, 9.17) is 11.6 Å². The summed E-state index contributed by atoms with van der Waals surface area (Å²) in [5.74, 6) is 0.776. The molecule has 3 rings (SSSR count). The Morgan fingerprint density at radius 1 is 1.22 bits per heavy atom. The zero-order chi connectivity index (χ0) is 16.2. The number of rotatable bonds is 2. The monoisotopic (exact) mass is 327 g/mol.